The van der Waals surface area contributed by atoms with Crippen LogP contribution in [0.3, 0.4) is 0 Å². The Morgan fingerprint density at radius 1 is 1.48 bits per heavy atom. The van der Waals surface area contributed by atoms with Crippen molar-refractivity contribution in [2.24, 2.45) is 5.92 Å². The van der Waals surface area contributed by atoms with Crippen LogP contribution in [0.5, 0.6) is 5.75 Å². The van der Waals surface area contributed by atoms with Gasteiger partial charge in [0.1, 0.15) is 23.6 Å². The fourth-order valence-electron chi connectivity index (χ4n) is 1.93. The lowest BCUT2D eigenvalue weighted by Gasteiger charge is -2.27. The van der Waals surface area contributed by atoms with Crippen LogP contribution in [0.4, 0.5) is 4.39 Å². The van der Waals surface area contributed by atoms with Crippen molar-refractivity contribution in [3.63, 3.8) is 0 Å². The Hall–Kier alpha value is -1.97. The fourth-order valence-corrected chi connectivity index (χ4v) is 1.93. The van der Waals surface area contributed by atoms with Gasteiger partial charge < -0.3 is 14.2 Å². The summed E-state index contributed by atoms with van der Waals surface area (Å²) in [5.41, 5.74) is -0.0958. The largest absolute Gasteiger partial charge is 0.426 e. The molecule has 0 aliphatic carbocycles. The monoisotopic (exact) mass is 293 g/mol. The van der Waals surface area contributed by atoms with E-state index in [4.69, 9.17) is 19.5 Å². The fraction of sp³-hybridized carbons (Fsp3) is 0.467. The molecule has 1 aliphatic heterocycles. The zero-order valence-electron chi connectivity index (χ0n) is 11.7. The van der Waals surface area contributed by atoms with Crippen LogP contribution in [0.15, 0.2) is 18.2 Å². The lowest BCUT2D eigenvalue weighted by atomic mass is 10.1. The molecule has 0 N–H and O–H groups in total. The Labute approximate surface area is 122 Å². The van der Waals surface area contributed by atoms with E-state index in [1.165, 1.54) is 12.1 Å². The van der Waals surface area contributed by atoms with E-state index in [1.54, 1.807) is 6.07 Å². The number of halogens is 1. The van der Waals surface area contributed by atoms with Gasteiger partial charge >= 0.3 is 5.97 Å². The van der Waals surface area contributed by atoms with E-state index in [2.05, 4.69) is 0 Å². The summed E-state index contributed by atoms with van der Waals surface area (Å²) in [4.78, 5) is 11.9. The minimum Gasteiger partial charge on any atom is -0.426 e. The maximum atomic E-state index is 13.4. The predicted octanol–water partition coefficient (Wildman–Crippen LogP) is 2.39. The van der Waals surface area contributed by atoms with Crippen molar-refractivity contribution in [1.82, 2.24) is 0 Å². The average Bonchev–Trinajstić information content (AvgIpc) is 2.48. The highest BCUT2D eigenvalue weighted by Gasteiger charge is 2.28. The summed E-state index contributed by atoms with van der Waals surface area (Å²) in [5, 5.41) is 8.63. The topological polar surface area (TPSA) is 68.5 Å². The smallest absolute Gasteiger partial charge is 0.319 e. The van der Waals surface area contributed by atoms with E-state index in [9.17, 15) is 9.18 Å². The first kappa shape index (κ1) is 15.4. The second kappa shape index (κ2) is 7.16. The van der Waals surface area contributed by atoms with Crippen LogP contribution in [-0.2, 0) is 14.3 Å². The zero-order chi connectivity index (χ0) is 15.2. The van der Waals surface area contributed by atoms with Gasteiger partial charge in [-0.15, -0.1) is 0 Å². The van der Waals surface area contributed by atoms with E-state index >= 15 is 0 Å². The highest BCUT2D eigenvalue weighted by Crippen LogP contribution is 2.20. The molecule has 1 heterocycles. The van der Waals surface area contributed by atoms with E-state index in [1.807, 2.05) is 6.92 Å². The van der Waals surface area contributed by atoms with Gasteiger partial charge in [0.15, 0.2) is 6.29 Å². The van der Waals surface area contributed by atoms with Gasteiger partial charge in [0.2, 0.25) is 0 Å². The molecule has 5 nitrogen and oxygen atoms in total. The molecular formula is C15H16FNO4. The minimum atomic E-state index is -0.720. The van der Waals surface area contributed by atoms with Crippen molar-refractivity contribution in [2.45, 2.75) is 26.1 Å². The molecule has 0 radical (unpaired) electrons. The molecular weight excluding hydrogens is 277 g/mol. The van der Waals surface area contributed by atoms with Crippen molar-refractivity contribution >= 4 is 5.97 Å². The molecule has 2 rings (SSSR count). The first-order valence-corrected chi connectivity index (χ1v) is 6.78. The molecule has 0 bridgehead atoms. The Bertz CT molecular complexity index is 547. The molecule has 6 heteroatoms. The van der Waals surface area contributed by atoms with Crippen LogP contribution >= 0.6 is 0 Å². The molecule has 1 aromatic rings. The third kappa shape index (κ3) is 4.00. The third-order valence-electron chi connectivity index (χ3n) is 3.10. The molecule has 0 atom stereocenters. The van der Waals surface area contributed by atoms with Crippen molar-refractivity contribution in [1.29, 1.82) is 5.26 Å². The molecule has 1 aliphatic rings. The number of nitriles is 1. The van der Waals surface area contributed by atoms with E-state index in [0.29, 0.717) is 0 Å². The number of carbonyl (C=O) groups is 1. The van der Waals surface area contributed by atoms with Crippen molar-refractivity contribution < 1.29 is 23.4 Å². The first-order chi connectivity index (χ1) is 10.1. The number of esters is 1. The van der Waals surface area contributed by atoms with Crippen LogP contribution in [0.2, 0.25) is 0 Å². The Kier molecular flexibility index (Phi) is 5.26. The number of benzene rings is 1. The molecule has 0 spiro atoms. The number of nitrogens with zero attached hydrogens (tertiary/aromatic N) is 1. The van der Waals surface area contributed by atoms with Crippen LogP contribution in [0, 0.1) is 23.1 Å². The molecule has 1 aromatic carbocycles. The third-order valence-corrected chi connectivity index (χ3v) is 3.10. The van der Waals surface area contributed by atoms with Gasteiger partial charge in [0, 0.05) is 6.07 Å². The van der Waals surface area contributed by atoms with Crippen molar-refractivity contribution in [3.05, 3.63) is 29.6 Å². The molecule has 112 valence electrons. The van der Waals surface area contributed by atoms with Crippen molar-refractivity contribution in [2.75, 3.05) is 13.2 Å². The lowest BCUT2D eigenvalue weighted by molar-refractivity contribution is -0.208. The quantitative estimate of drug-likeness (QED) is 0.630. The van der Waals surface area contributed by atoms with Gasteiger partial charge in [-0.2, -0.15) is 5.26 Å². The summed E-state index contributed by atoms with van der Waals surface area (Å²) in [5.74, 6) is -1.72. The summed E-state index contributed by atoms with van der Waals surface area (Å²) in [6.07, 6.45) is 1.44. The van der Waals surface area contributed by atoms with Gasteiger partial charge in [-0.05, 0) is 18.6 Å². The Morgan fingerprint density at radius 3 is 2.76 bits per heavy atom. The first-order valence-electron chi connectivity index (χ1n) is 6.78. The van der Waals surface area contributed by atoms with Crippen LogP contribution in [-0.4, -0.2) is 25.5 Å². The summed E-state index contributed by atoms with van der Waals surface area (Å²) in [7, 11) is 0. The second-order valence-corrected chi connectivity index (χ2v) is 4.76. The van der Waals surface area contributed by atoms with Gasteiger partial charge in [-0.3, -0.25) is 4.79 Å². The number of hydrogen-bond donors (Lipinski definition) is 0. The standard InChI is InChI=1S/C15H16FNO4/c1-2-3-14-19-8-11(9-20-14)15(18)21-12-5-4-10(7-17)13(16)6-12/h4-6,11,14H,2-3,8-9H2,1H3. The number of rotatable bonds is 4. The van der Waals surface area contributed by atoms with Gasteiger partial charge in [0.05, 0.1) is 18.8 Å². The van der Waals surface area contributed by atoms with Crippen molar-refractivity contribution in [3.8, 4) is 11.8 Å². The lowest BCUT2D eigenvalue weighted by Crippen LogP contribution is -2.38. The summed E-state index contributed by atoms with van der Waals surface area (Å²) < 4.78 is 29.3. The SMILES string of the molecule is CCCC1OCC(C(=O)Oc2ccc(C#N)c(F)c2)CO1. The summed E-state index contributed by atoms with van der Waals surface area (Å²) in [6, 6.07) is 5.36. The van der Waals surface area contributed by atoms with Crippen LogP contribution < -0.4 is 4.74 Å². The van der Waals surface area contributed by atoms with Crippen LogP contribution in [0.25, 0.3) is 0 Å². The summed E-state index contributed by atoms with van der Waals surface area (Å²) in [6.45, 7) is 2.47. The highest BCUT2D eigenvalue weighted by atomic mass is 19.1. The van der Waals surface area contributed by atoms with E-state index in [-0.39, 0.29) is 30.8 Å². The van der Waals surface area contributed by atoms with Crippen LogP contribution in [0.1, 0.15) is 25.3 Å². The molecule has 0 saturated carbocycles. The van der Waals surface area contributed by atoms with Gasteiger partial charge in [-0.25, -0.2) is 4.39 Å². The molecule has 0 unspecified atom stereocenters. The predicted molar refractivity (Wildman–Crippen MR) is 70.8 cm³/mol. The maximum Gasteiger partial charge on any atom is 0.319 e. The number of ether oxygens (including phenoxy) is 3. The Balaban J connectivity index is 1.90. The Morgan fingerprint density at radius 2 is 2.19 bits per heavy atom. The molecule has 21 heavy (non-hydrogen) atoms. The van der Waals surface area contributed by atoms with Gasteiger partial charge in [0.25, 0.3) is 0 Å². The zero-order valence-corrected chi connectivity index (χ0v) is 11.7. The van der Waals surface area contributed by atoms with E-state index in [0.717, 1.165) is 18.9 Å². The molecule has 0 amide bonds. The van der Waals surface area contributed by atoms with E-state index < -0.39 is 17.7 Å². The number of hydrogen-bond acceptors (Lipinski definition) is 5. The highest BCUT2D eigenvalue weighted by molar-refractivity contribution is 5.75. The molecule has 0 aromatic heterocycles. The normalized spacial score (nSPS) is 21.6. The molecule has 1 fully saturated rings. The summed E-state index contributed by atoms with van der Waals surface area (Å²) >= 11 is 0. The average molecular weight is 293 g/mol. The minimum absolute atomic E-state index is 0.0622. The molecule has 1 saturated heterocycles. The second-order valence-electron chi connectivity index (χ2n) is 4.76. The number of carbonyl (C=O) groups excluding carboxylic acids is 1. The van der Waals surface area contributed by atoms with Gasteiger partial charge in [-0.1, -0.05) is 13.3 Å². The maximum absolute atomic E-state index is 13.4.